The first-order valence-electron chi connectivity index (χ1n) is 8.47. The summed E-state index contributed by atoms with van der Waals surface area (Å²) in [7, 11) is 0. The molecule has 13 heteroatoms. The number of nitrogens with zero attached hydrogens (tertiary/aromatic N) is 1. The molecular formula is C18H18N2O11. The molecule has 0 aromatic heterocycles. The second kappa shape index (κ2) is 10.8. The number of benzene rings is 2. The number of fused-ring (bicyclic) bond motifs is 2. The number of ketones is 2. The number of ether oxygens (including phenoxy) is 4. The van der Waals surface area contributed by atoms with E-state index >= 15 is 0 Å². The summed E-state index contributed by atoms with van der Waals surface area (Å²) in [4.78, 5) is 35.0. The van der Waals surface area contributed by atoms with E-state index in [1.165, 1.54) is 26.0 Å². The van der Waals surface area contributed by atoms with E-state index in [4.69, 9.17) is 29.4 Å². The van der Waals surface area contributed by atoms with Gasteiger partial charge in [-0.15, -0.1) is 4.99 Å². The van der Waals surface area contributed by atoms with Crippen molar-refractivity contribution in [2.45, 2.75) is 13.8 Å². The fourth-order valence-electron chi connectivity index (χ4n) is 2.48. The van der Waals surface area contributed by atoms with Crippen LogP contribution in [0.25, 0.3) is 0 Å². The molecule has 3 N–H and O–H groups in total. The minimum Gasteiger partial charge on any atom is -0.454 e. The van der Waals surface area contributed by atoms with Gasteiger partial charge in [-0.3, -0.25) is 24.9 Å². The Balaban J connectivity index is 0.000000192. The van der Waals surface area contributed by atoms with Crippen LogP contribution in [0.2, 0.25) is 0 Å². The third kappa shape index (κ3) is 6.10. The van der Waals surface area contributed by atoms with Crippen molar-refractivity contribution in [2.75, 3.05) is 13.6 Å². The van der Waals surface area contributed by atoms with Gasteiger partial charge in [0, 0.05) is 11.6 Å². The van der Waals surface area contributed by atoms with Gasteiger partial charge in [-0.05, 0) is 37.7 Å². The van der Waals surface area contributed by atoms with Crippen LogP contribution in [0.15, 0.2) is 30.3 Å². The quantitative estimate of drug-likeness (QED) is 0.275. The lowest BCUT2D eigenvalue weighted by Crippen LogP contribution is -2.02. The molecule has 0 saturated carbocycles. The summed E-state index contributed by atoms with van der Waals surface area (Å²) in [6.07, 6.45) is 0. The predicted octanol–water partition coefficient (Wildman–Crippen LogP) is 2.51. The summed E-state index contributed by atoms with van der Waals surface area (Å²) in [5, 5.41) is 24.8. The van der Waals surface area contributed by atoms with Gasteiger partial charge in [0.15, 0.2) is 34.6 Å². The molecule has 0 radical (unpaired) electrons. The summed E-state index contributed by atoms with van der Waals surface area (Å²) >= 11 is 0. The molecule has 2 aromatic rings. The molecule has 13 nitrogen and oxygen atoms in total. The lowest BCUT2D eigenvalue weighted by molar-refractivity contribution is -0.385. The van der Waals surface area contributed by atoms with E-state index in [1.807, 2.05) is 0 Å². The number of carbonyl (C=O) groups excluding carboxylic acids is 2. The van der Waals surface area contributed by atoms with E-state index in [2.05, 4.69) is 4.99 Å². The first kappa shape index (κ1) is 23.5. The van der Waals surface area contributed by atoms with Gasteiger partial charge in [-0.25, -0.2) is 5.26 Å². The molecule has 0 unspecified atom stereocenters. The van der Waals surface area contributed by atoms with E-state index in [0.29, 0.717) is 28.6 Å². The Labute approximate surface area is 174 Å². The maximum atomic E-state index is 11.2. The molecule has 0 saturated heterocycles. The minimum atomic E-state index is -0.612. The van der Waals surface area contributed by atoms with Gasteiger partial charge in [0.2, 0.25) is 13.6 Å². The van der Waals surface area contributed by atoms with Crippen LogP contribution in [0, 0.1) is 10.1 Å². The van der Waals surface area contributed by atoms with E-state index in [9.17, 15) is 19.7 Å². The minimum absolute atomic E-state index is 0.0217. The molecule has 2 aromatic carbocycles. The van der Waals surface area contributed by atoms with E-state index in [1.54, 1.807) is 18.2 Å². The highest BCUT2D eigenvalue weighted by Crippen LogP contribution is 2.38. The van der Waals surface area contributed by atoms with E-state index in [0.717, 1.165) is 5.64 Å². The summed E-state index contributed by atoms with van der Waals surface area (Å²) < 4.78 is 20.2. The van der Waals surface area contributed by atoms with Gasteiger partial charge in [0.1, 0.15) is 0 Å². The fourth-order valence-corrected chi connectivity index (χ4v) is 2.48. The molecule has 0 fully saturated rings. The van der Waals surface area contributed by atoms with Gasteiger partial charge >= 0.3 is 0 Å². The SMILES string of the molecule is CC(=O)c1cc2c(cc1[N+](=O)[O-])OCO2.CC(=O)c1ccc2c(c1)OCO2.ONOO. The number of nitro benzene ring substituents is 1. The van der Waals surface area contributed by atoms with Crippen molar-refractivity contribution in [3.05, 3.63) is 51.6 Å². The summed E-state index contributed by atoms with van der Waals surface area (Å²) in [6.45, 7) is 3.06. The monoisotopic (exact) mass is 438 g/mol. The highest BCUT2D eigenvalue weighted by molar-refractivity contribution is 5.99. The van der Waals surface area contributed by atoms with Crippen LogP contribution < -0.4 is 24.6 Å². The van der Waals surface area contributed by atoms with Crippen molar-refractivity contribution in [1.29, 1.82) is 0 Å². The molecule has 0 atom stereocenters. The Morgan fingerprint density at radius 3 is 1.97 bits per heavy atom. The zero-order valence-corrected chi connectivity index (χ0v) is 16.3. The molecule has 166 valence electrons. The lowest BCUT2D eigenvalue weighted by atomic mass is 10.1. The normalized spacial score (nSPS) is 12.1. The Morgan fingerprint density at radius 1 is 0.968 bits per heavy atom. The number of Topliss-reactive ketones (excluding diaryl/α,β-unsaturated/α-hetero) is 2. The van der Waals surface area contributed by atoms with Crippen molar-refractivity contribution >= 4 is 17.3 Å². The zero-order chi connectivity index (χ0) is 23.0. The van der Waals surface area contributed by atoms with Crippen LogP contribution in [-0.4, -0.2) is 40.5 Å². The second-order valence-corrected chi connectivity index (χ2v) is 5.84. The number of nitrogens with one attached hydrogen (secondary N) is 1. The van der Waals surface area contributed by atoms with Crippen LogP contribution in [0.5, 0.6) is 23.0 Å². The number of hydrogen-bond acceptors (Lipinski definition) is 12. The Bertz CT molecular complexity index is 934. The van der Waals surface area contributed by atoms with Gasteiger partial charge in [0.25, 0.3) is 5.69 Å². The molecule has 31 heavy (non-hydrogen) atoms. The maximum absolute atomic E-state index is 11.2. The molecular weight excluding hydrogens is 420 g/mol. The number of nitro groups is 1. The Hall–Kier alpha value is -3.78. The molecule has 2 aliphatic heterocycles. The Morgan fingerprint density at radius 2 is 1.48 bits per heavy atom. The second-order valence-electron chi connectivity index (χ2n) is 5.84. The fraction of sp³-hybridized carbons (Fsp3) is 0.222. The number of rotatable bonds is 4. The van der Waals surface area contributed by atoms with Crippen LogP contribution in [0.3, 0.4) is 0 Å². The average molecular weight is 438 g/mol. The topological polar surface area (TPSA) is 176 Å². The molecule has 2 heterocycles. The smallest absolute Gasteiger partial charge is 0.284 e. The van der Waals surface area contributed by atoms with Gasteiger partial charge in [0.05, 0.1) is 16.6 Å². The molecule has 2 aliphatic rings. The molecule has 0 spiro atoms. The van der Waals surface area contributed by atoms with Crippen molar-refractivity contribution < 1.29 is 48.9 Å². The van der Waals surface area contributed by atoms with Gasteiger partial charge in [-0.1, -0.05) is 0 Å². The molecule has 4 rings (SSSR count). The van der Waals surface area contributed by atoms with Crippen LogP contribution in [-0.2, 0) is 4.99 Å². The standard InChI is InChI=1S/C9H7NO5.C9H8O3.H3NO3/c1-5(11)6-2-8-9(15-4-14-8)3-7(6)10(12)13;1-6(10)7-2-3-8-9(4-7)12-5-11-8;2-1-4-3/h2-3H,4H2,1H3;2-4H,5H2,1H3;1-3H. The molecule has 0 amide bonds. The highest BCUT2D eigenvalue weighted by Gasteiger charge is 2.25. The summed E-state index contributed by atoms with van der Waals surface area (Å²) in [5.74, 6) is 1.69. The lowest BCUT2D eigenvalue weighted by Gasteiger charge is -2.00. The van der Waals surface area contributed by atoms with Gasteiger partial charge < -0.3 is 18.9 Å². The average Bonchev–Trinajstić information content (AvgIpc) is 3.41. The van der Waals surface area contributed by atoms with Crippen LogP contribution in [0.1, 0.15) is 34.6 Å². The van der Waals surface area contributed by atoms with Crippen molar-refractivity contribution in [3.8, 4) is 23.0 Å². The first-order chi connectivity index (χ1) is 14.8. The Kier molecular flexibility index (Phi) is 8.22. The van der Waals surface area contributed by atoms with Crippen molar-refractivity contribution in [2.24, 2.45) is 0 Å². The predicted molar refractivity (Wildman–Crippen MR) is 100 cm³/mol. The van der Waals surface area contributed by atoms with Gasteiger partial charge in [-0.2, -0.15) is 0 Å². The molecule has 0 bridgehead atoms. The largest absolute Gasteiger partial charge is 0.454 e. The number of hydrogen-bond donors (Lipinski definition) is 3. The van der Waals surface area contributed by atoms with Crippen LogP contribution in [0.4, 0.5) is 5.69 Å². The summed E-state index contributed by atoms with van der Waals surface area (Å²) in [6, 6.07) is 7.72. The first-order valence-corrected chi connectivity index (χ1v) is 8.47. The van der Waals surface area contributed by atoms with E-state index in [-0.39, 0.29) is 36.4 Å². The van der Waals surface area contributed by atoms with E-state index < -0.39 is 4.92 Å². The summed E-state index contributed by atoms with van der Waals surface area (Å²) in [5.41, 5.74) is 1.41. The third-order valence-electron chi connectivity index (χ3n) is 3.89. The van der Waals surface area contributed by atoms with Crippen LogP contribution >= 0.6 is 0 Å². The molecule has 0 aliphatic carbocycles. The number of carbonyl (C=O) groups is 2. The van der Waals surface area contributed by atoms with Crippen molar-refractivity contribution in [3.63, 3.8) is 0 Å². The maximum Gasteiger partial charge on any atom is 0.284 e. The third-order valence-corrected chi connectivity index (χ3v) is 3.89. The zero-order valence-electron chi connectivity index (χ0n) is 16.3. The highest BCUT2D eigenvalue weighted by atomic mass is 17.2. The van der Waals surface area contributed by atoms with Crippen molar-refractivity contribution in [1.82, 2.24) is 5.64 Å².